The van der Waals surface area contributed by atoms with E-state index >= 15 is 0 Å². The molecule has 1 aromatic rings. The van der Waals surface area contributed by atoms with E-state index in [1.165, 1.54) is 6.42 Å². The molecule has 0 spiro atoms. The zero-order valence-electron chi connectivity index (χ0n) is 11.3. The van der Waals surface area contributed by atoms with Crippen LogP contribution in [0.4, 0.5) is 5.82 Å². The van der Waals surface area contributed by atoms with Crippen LogP contribution in [0.25, 0.3) is 0 Å². The molecule has 4 nitrogen and oxygen atoms in total. The molecule has 1 saturated heterocycles. The maximum atomic E-state index is 5.92. The molecule has 0 amide bonds. The second-order valence-electron chi connectivity index (χ2n) is 4.91. The summed E-state index contributed by atoms with van der Waals surface area (Å²) in [6.07, 6.45) is 4.52. The van der Waals surface area contributed by atoms with Crippen LogP contribution in [0.3, 0.4) is 0 Å². The first-order chi connectivity index (χ1) is 8.70. The summed E-state index contributed by atoms with van der Waals surface area (Å²) in [4.78, 5) is 6.72. The van der Waals surface area contributed by atoms with Crippen LogP contribution in [0.2, 0.25) is 0 Å². The highest BCUT2D eigenvalue weighted by molar-refractivity contribution is 5.41. The fourth-order valence-electron chi connectivity index (χ4n) is 2.31. The zero-order valence-corrected chi connectivity index (χ0v) is 11.3. The number of anilines is 1. The lowest BCUT2D eigenvalue weighted by atomic mass is 10.1. The number of aromatic nitrogens is 1. The second-order valence-corrected chi connectivity index (χ2v) is 4.91. The van der Waals surface area contributed by atoms with E-state index in [2.05, 4.69) is 22.9 Å². The van der Waals surface area contributed by atoms with Crippen LogP contribution in [0.5, 0.6) is 0 Å². The molecule has 0 bridgehead atoms. The fraction of sp³-hybridized carbons (Fsp3) is 0.643. The lowest BCUT2D eigenvalue weighted by molar-refractivity contribution is 0.115. The van der Waals surface area contributed by atoms with Crippen molar-refractivity contribution in [1.82, 2.24) is 4.98 Å². The summed E-state index contributed by atoms with van der Waals surface area (Å²) in [5.41, 5.74) is 7.05. The molecule has 2 atom stereocenters. The SMILES string of the molecule is CCN(CC1CCCO1)c1cc([C@@H](C)N)ccn1. The maximum Gasteiger partial charge on any atom is 0.128 e. The quantitative estimate of drug-likeness (QED) is 0.868. The first kappa shape index (κ1) is 13.3. The van der Waals surface area contributed by atoms with E-state index < -0.39 is 0 Å². The van der Waals surface area contributed by atoms with Gasteiger partial charge in [0.25, 0.3) is 0 Å². The molecule has 0 saturated carbocycles. The van der Waals surface area contributed by atoms with E-state index in [1.54, 1.807) is 0 Å². The Hall–Kier alpha value is -1.13. The molecule has 0 aromatic carbocycles. The Balaban J connectivity index is 2.08. The van der Waals surface area contributed by atoms with Gasteiger partial charge in [-0.3, -0.25) is 0 Å². The predicted molar refractivity (Wildman–Crippen MR) is 73.7 cm³/mol. The van der Waals surface area contributed by atoms with Gasteiger partial charge < -0.3 is 15.4 Å². The molecular weight excluding hydrogens is 226 g/mol. The van der Waals surface area contributed by atoms with E-state index in [0.717, 1.165) is 37.5 Å². The van der Waals surface area contributed by atoms with Crippen LogP contribution in [0, 0.1) is 0 Å². The molecule has 0 aliphatic carbocycles. The van der Waals surface area contributed by atoms with Crippen molar-refractivity contribution in [1.29, 1.82) is 0 Å². The summed E-state index contributed by atoms with van der Waals surface area (Å²) in [5.74, 6) is 1.00. The molecule has 1 fully saturated rings. The van der Waals surface area contributed by atoms with Crippen molar-refractivity contribution in [2.24, 2.45) is 5.73 Å². The molecule has 1 aliphatic rings. The van der Waals surface area contributed by atoms with E-state index in [4.69, 9.17) is 10.5 Å². The lowest BCUT2D eigenvalue weighted by Gasteiger charge is -2.25. The number of hydrogen-bond donors (Lipinski definition) is 1. The Kier molecular flexibility index (Phi) is 4.55. The van der Waals surface area contributed by atoms with Crippen LogP contribution in [-0.2, 0) is 4.74 Å². The molecule has 0 radical (unpaired) electrons. The maximum absolute atomic E-state index is 5.92. The number of rotatable bonds is 5. The van der Waals surface area contributed by atoms with Gasteiger partial charge in [-0.2, -0.15) is 0 Å². The fourth-order valence-corrected chi connectivity index (χ4v) is 2.31. The van der Waals surface area contributed by atoms with E-state index in [0.29, 0.717) is 6.10 Å². The summed E-state index contributed by atoms with van der Waals surface area (Å²) in [5, 5.41) is 0. The summed E-state index contributed by atoms with van der Waals surface area (Å²) in [6, 6.07) is 4.12. The summed E-state index contributed by atoms with van der Waals surface area (Å²) >= 11 is 0. The Labute approximate surface area is 109 Å². The minimum Gasteiger partial charge on any atom is -0.376 e. The van der Waals surface area contributed by atoms with Gasteiger partial charge in [0.2, 0.25) is 0 Å². The van der Waals surface area contributed by atoms with E-state index in [1.807, 2.05) is 19.2 Å². The van der Waals surface area contributed by atoms with Crippen LogP contribution < -0.4 is 10.6 Å². The van der Waals surface area contributed by atoms with Gasteiger partial charge in [0, 0.05) is 31.9 Å². The summed E-state index contributed by atoms with van der Waals surface area (Å²) in [7, 11) is 0. The molecule has 1 aromatic heterocycles. The molecule has 2 rings (SSSR count). The van der Waals surface area contributed by atoms with Gasteiger partial charge in [0.1, 0.15) is 5.82 Å². The highest BCUT2D eigenvalue weighted by Crippen LogP contribution is 2.20. The van der Waals surface area contributed by atoms with Crippen molar-refractivity contribution in [3.8, 4) is 0 Å². The molecule has 2 N–H and O–H groups in total. The van der Waals surface area contributed by atoms with E-state index in [-0.39, 0.29) is 6.04 Å². The molecule has 2 heterocycles. The molecule has 1 unspecified atom stereocenters. The molecule has 4 heteroatoms. The second kappa shape index (κ2) is 6.16. The van der Waals surface area contributed by atoms with Gasteiger partial charge in [-0.15, -0.1) is 0 Å². The van der Waals surface area contributed by atoms with Crippen LogP contribution in [0.15, 0.2) is 18.3 Å². The van der Waals surface area contributed by atoms with Gasteiger partial charge in [0.15, 0.2) is 0 Å². The van der Waals surface area contributed by atoms with Crippen LogP contribution in [0.1, 0.15) is 38.3 Å². The van der Waals surface area contributed by atoms with Crippen molar-refractivity contribution in [2.45, 2.75) is 38.8 Å². The van der Waals surface area contributed by atoms with Crippen LogP contribution >= 0.6 is 0 Å². The average Bonchev–Trinajstić information content (AvgIpc) is 2.89. The number of nitrogens with two attached hydrogens (primary N) is 1. The highest BCUT2D eigenvalue weighted by Gasteiger charge is 2.19. The van der Waals surface area contributed by atoms with E-state index in [9.17, 15) is 0 Å². The minimum absolute atomic E-state index is 0.0492. The molecule has 18 heavy (non-hydrogen) atoms. The number of hydrogen-bond acceptors (Lipinski definition) is 4. The van der Waals surface area contributed by atoms with Crippen molar-refractivity contribution in [3.63, 3.8) is 0 Å². The third kappa shape index (κ3) is 3.21. The number of likely N-dealkylation sites (N-methyl/N-ethyl adjacent to an activating group) is 1. The van der Waals surface area contributed by atoms with Gasteiger partial charge in [-0.25, -0.2) is 4.98 Å². The zero-order chi connectivity index (χ0) is 13.0. The van der Waals surface area contributed by atoms with Gasteiger partial charge in [-0.05, 0) is 44.4 Å². The summed E-state index contributed by atoms with van der Waals surface area (Å²) in [6.45, 7) is 6.90. The third-order valence-corrected chi connectivity index (χ3v) is 3.45. The highest BCUT2D eigenvalue weighted by atomic mass is 16.5. The lowest BCUT2D eigenvalue weighted by Crippen LogP contribution is -2.32. The Morgan fingerprint density at radius 3 is 3.06 bits per heavy atom. The minimum atomic E-state index is 0.0492. The standard InChI is InChI=1S/C14H23N3O/c1-3-17(10-13-5-4-8-18-13)14-9-12(11(2)15)6-7-16-14/h6-7,9,11,13H,3-5,8,10,15H2,1-2H3/t11-,13?/m1/s1. The first-order valence-corrected chi connectivity index (χ1v) is 6.78. The smallest absolute Gasteiger partial charge is 0.128 e. The summed E-state index contributed by atoms with van der Waals surface area (Å²) < 4.78 is 5.69. The third-order valence-electron chi connectivity index (χ3n) is 3.45. The van der Waals surface area contributed by atoms with Gasteiger partial charge in [-0.1, -0.05) is 0 Å². The van der Waals surface area contributed by atoms with Gasteiger partial charge in [0.05, 0.1) is 6.10 Å². The number of pyridine rings is 1. The van der Waals surface area contributed by atoms with Gasteiger partial charge >= 0.3 is 0 Å². The molecular formula is C14H23N3O. The predicted octanol–water partition coefficient (Wildman–Crippen LogP) is 2.11. The Morgan fingerprint density at radius 1 is 1.61 bits per heavy atom. The molecule has 100 valence electrons. The largest absolute Gasteiger partial charge is 0.376 e. The number of ether oxygens (including phenoxy) is 1. The number of nitrogens with zero attached hydrogens (tertiary/aromatic N) is 2. The Bertz CT molecular complexity index is 375. The van der Waals surface area contributed by atoms with Crippen molar-refractivity contribution >= 4 is 5.82 Å². The van der Waals surface area contributed by atoms with Crippen molar-refractivity contribution < 1.29 is 4.74 Å². The topological polar surface area (TPSA) is 51.4 Å². The molecule has 1 aliphatic heterocycles. The average molecular weight is 249 g/mol. The van der Waals surface area contributed by atoms with Crippen molar-refractivity contribution in [2.75, 3.05) is 24.6 Å². The van der Waals surface area contributed by atoms with Crippen LogP contribution in [-0.4, -0.2) is 30.8 Å². The normalized spacial score (nSPS) is 20.9. The monoisotopic (exact) mass is 249 g/mol. The Morgan fingerprint density at radius 2 is 2.44 bits per heavy atom. The van der Waals surface area contributed by atoms with Crippen molar-refractivity contribution in [3.05, 3.63) is 23.9 Å². The first-order valence-electron chi connectivity index (χ1n) is 6.78.